The van der Waals surface area contributed by atoms with Crippen LogP contribution in [0, 0.1) is 0 Å². The van der Waals surface area contributed by atoms with Crippen molar-refractivity contribution in [1.29, 1.82) is 0 Å². The largest absolute Gasteiger partial charge is 0.402 e. The van der Waals surface area contributed by atoms with E-state index in [1.807, 2.05) is 0 Å². The van der Waals surface area contributed by atoms with Gasteiger partial charge in [0.2, 0.25) is 0 Å². The molecule has 0 amide bonds. The van der Waals surface area contributed by atoms with E-state index in [0.29, 0.717) is 17.0 Å². The summed E-state index contributed by atoms with van der Waals surface area (Å²) in [6.45, 7) is -1.53. The highest BCUT2D eigenvalue weighted by atomic mass is 32.2. The molecule has 100 valence electrons. The predicted octanol–water partition coefficient (Wildman–Crippen LogP) is 0.390. The maximum atomic E-state index is 12.2. The molecule has 0 radical (unpaired) electrons. The van der Waals surface area contributed by atoms with Crippen molar-refractivity contribution >= 4 is 16.5 Å². The number of aldehydes is 1. The van der Waals surface area contributed by atoms with E-state index in [9.17, 15) is 26.4 Å². The quantitative estimate of drug-likeness (QED) is 0.697. The van der Waals surface area contributed by atoms with E-state index in [0.717, 1.165) is 4.31 Å². The molecule has 0 spiro atoms. The van der Waals surface area contributed by atoms with Crippen LogP contribution in [0.25, 0.3) is 0 Å². The Hall–Kier alpha value is -0.670. The summed E-state index contributed by atoms with van der Waals surface area (Å²) in [4.78, 5) is 10.2. The van der Waals surface area contributed by atoms with Gasteiger partial charge in [0, 0.05) is 26.1 Å². The fourth-order valence-electron chi connectivity index (χ4n) is 1.60. The number of hydrogen-bond donors (Lipinski definition) is 0. The molecule has 1 fully saturated rings. The Balaban J connectivity index is 2.76. The van der Waals surface area contributed by atoms with Gasteiger partial charge in [0.1, 0.15) is 12.8 Å². The van der Waals surface area contributed by atoms with Crippen molar-refractivity contribution in [2.75, 3.05) is 26.2 Å². The van der Waals surface area contributed by atoms with Crippen molar-refractivity contribution in [3.8, 4) is 0 Å². The summed E-state index contributed by atoms with van der Waals surface area (Å²) < 4.78 is 61.3. The number of halogens is 3. The Bertz CT molecular complexity index is 369. The SMILES string of the molecule is O=CCCN1CCCN(CC(F)(F)F)S1(=O)=O. The zero-order valence-corrected chi connectivity index (χ0v) is 9.80. The van der Waals surface area contributed by atoms with E-state index in [-0.39, 0.29) is 26.1 Å². The van der Waals surface area contributed by atoms with Crippen molar-refractivity contribution in [3.05, 3.63) is 0 Å². The van der Waals surface area contributed by atoms with E-state index >= 15 is 0 Å². The summed E-state index contributed by atoms with van der Waals surface area (Å²) in [7, 11) is -4.08. The van der Waals surface area contributed by atoms with Crippen molar-refractivity contribution in [1.82, 2.24) is 8.61 Å². The number of hydrogen-bond acceptors (Lipinski definition) is 3. The fourth-order valence-corrected chi connectivity index (χ4v) is 3.29. The van der Waals surface area contributed by atoms with Crippen molar-refractivity contribution in [2.24, 2.45) is 0 Å². The molecular weight excluding hydrogens is 261 g/mol. The molecular formula is C8H13F3N2O3S. The van der Waals surface area contributed by atoms with Crippen LogP contribution in [0.15, 0.2) is 0 Å². The van der Waals surface area contributed by atoms with Crippen molar-refractivity contribution in [2.45, 2.75) is 19.0 Å². The molecule has 0 aromatic carbocycles. The third kappa shape index (κ3) is 3.93. The van der Waals surface area contributed by atoms with Crippen LogP contribution in [-0.4, -0.2) is 55.7 Å². The smallest absolute Gasteiger partial charge is 0.303 e. The van der Waals surface area contributed by atoms with Gasteiger partial charge in [0.05, 0.1) is 0 Å². The second kappa shape index (κ2) is 5.32. The molecule has 0 N–H and O–H groups in total. The molecule has 5 nitrogen and oxygen atoms in total. The number of alkyl halides is 3. The lowest BCUT2D eigenvalue weighted by Gasteiger charge is -2.34. The maximum Gasteiger partial charge on any atom is 0.402 e. The minimum absolute atomic E-state index is 0.0148. The summed E-state index contributed by atoms with van der Waals surface area (Å²) in [5.74, 6) is 0. The lowest BCUT2D eigenvalue weighted by molar-refractivity contribution is -0.137. The van der Waals surface area contributed by atoms with E-state index < -0.39 is 22.9 Å². The van der Waals surface area contributed by atoms with Crippen LogP contribution in [0.5, 0.6) is 0 Å². The van der Waals surface area contributed by atoms with Gasteiger partial charge in [-0.25, -0.2) is 0 Å². The van der Waals surface area contributed by atoms with Gasteiger partial charge in [-0.05, 0) is 6.42 Å². The summed E-state index contributed by atoms with van der Waals surface area (Å²) in [6.07, 6.45) is -3.70. The Morgan fingerprint density at radius 1 is 1.18 bits per heavy atom. The Labute approximate surface area is 97.4 Å². The highest BCUT2D eigenvalue weighted by molar-refractivity contribution is 7.86. The van der Waals surface area contributed by atoms with Crippen LogP contribution < -0.4 is 0 Å². The van der Waals surface area contributed by atoms with E-state index in [1.54, 1.807) is 0 Å². The van der Waals surface area contributed by atoms with Crippen LogP contribution >= 0.6 is 0 Å². The highest BCUT2D eigenvalue weighted by Gasteiger charge is 2.40. The summed E-state index contributed by atoms with van der Waals surface area (Å²) in [5, 5.41) is 0. The van der Waals surface area contributed by atoms with E-state index in [2.05, 4.69) is 0 Å². The number of rotatable bonds is 4. The standard InChI is InChI=1S/C8H13F3N2O3S/c9-8(10,11)7-13-4-1-3-12(5-2-6-14)17(13,15)16/h6H,1-5,7H2. The molecule has 0 saturated carbocycles. The molecule has 1 saturated heterocycles. The third-order valence-electron chi connectivity index (χ3n) is 2.32. The van der Waals surface area contributed by atoms with Crippen molar-refractivity contribution < 1.29 is 26.4 Å². The minimum atomic E-state index is -4.55. The number of carbonyl (C=O) groups is 1. The molecule has 9 heteroatoms. The molecule has 0 aromatic heterocycles. The maximum absolute atomic E-state index is 12.2. The topological polar surface area (TPSA) is 57.7 Å². The molecule has 0 aromatic rings. The lowest BCUT2D eigenvalue weighted by atomic mass is 10.4. The molecule has 1 aliphatic rings. The highest BCUT2D eigenvalue weighted by Crippen LogP contribution is 2.23. The normalized spacial score (nSPS) is 22.5. The predicted molar refractivity (Wildman–Crippen MR) is 53.4 cm³/mol. The second-order valence-corrected chi connectivity index (χ2v) is 5.59. The van der Waals surface area contributed by atoms with Crippen molar-refractivity contribution in [3.63, 3.8) is 0 Å². The molecule has 1 heterocycles. The van der Waals surface area contributed by atoms with Gasteiger partial charge in [-0.2, -0.15) is 30.2 Å². The van der Waals surface area contributed by atoms with Crippen LogP contribution in [-0.2, 0) is 15.0 Å². The molecule has 1 aliphatic heterocycles. The molecule has 17 heavy (non-hydrogen) atoms. The average Bonchev–Trinajstić information content (AvgIpc) is 2.17. The minimum Gasteiger partial charge on any atom is -0.303 e. The zero-order chi connectivity index (χ0) is 13.1. The molecule has 0 atom stereocenters. The first-order valence-electron chi connectivity index (χ1n) is 5.03. The van der Waals surface area contributed by atoms with Gasteiger partial charge in [-0.3, -0.25) is 0 Å². The molecule has 0 bridgehead atoms. The van der Waals surface area contributed by atoms with Gasteiger partial charge in [-0.15, -0.1) is 0 Å². The zero-order valence-electron chi connectivity index (χ0n) is 8.98. The number of nitrogens with zero attached hydrogens (tertiary/aromatic N) is 2. The first-order chi connectivity index (χ1) is 7.77. The van der Waals surface area contributed by atoms with Crippen LogP contribution in [0.2, 0.25) is 0 Å². The first kappa shape index (κ1) is 14.4. The monoisotopic (exact) mass is 274 g/mol. The molecule has 0 unspecified atom stereocenters. The number of carbonyl (C=O) groups excluding carboxylic acids is 1. The molecule has 0 aliphatic carbocycles. The first-order valence-corrected chi connectivity index (χ1v) is 6.42. The summed E-state index contributed by atoms with van der Waals surface area (Å²) in [6, 6.07) is 0. The molecule has 1 rings (SSSR count). The van der Waals surface area contributed by atoms with Gasteiger partial charge in [0.15, 0.2) is 0 Å². The summed E-state index contributed by atoms with van der Waals surface area (Å²) in [5.41, 5.74) is 0. The van der Waals surface area contributed by atoms with Gasteiger partial charge >= 0.3 is 6.18 Å². The van der Waals surface area contributed by atoms with E-state index in [4.69, 9.17) is 0 Å². The van der Waals surface area contributed by atoms with Gasteiger partial charge in [0.25, 0.3) is 10.2 Å². The third-order valence-corrected chi connectivity index (χ3v) is 4.30. The average molecular weight is 274 g/mol. The Kier molecular flexibility index (Phi) is 4.50. The van der Waals surface area contributed by atoms with Crippen LogP contribution in [0.1, 0.15) is 12.8 Å². The van der Waals surface area contributed by atoms with Gasteiger partial charge < -0.3 is 4.79 Å². The second-order valence-electron chi connectivity index (χ2n) is 3.66. The van der Waals surface area contributed by atoms with E-state index in [1.165, 1.54) is 0 Å². The Morgan fingerprint density at radius 3 is 2.29 bits per heavy atom. The Morgan fingerprint density at radius 2 is 1.76 bits per heavy atom. The van der Waals surface area contributed by atoms with Crippen LogP contribution in [0.4, 0.5) is 13.2 Å². The van der Waals surface area contributed by atoms with Gasteiger partial charge in [-0.1, -0.05) is 0 Å². The summed E-state index contributed by atoms with van der Waals surface area (Å²) >= 11 is 0. The fraction of sp³-hybridized carbons (Fsp3) is 0.875. The van der Waals surface area contributed by atoms with Crippen LogP contribution in [0.3, 0.4) is 0 Å². The lowest BCUT2D eigenvalue weighted by Crippen LogP contribution is -2.52.